The minimum atomic E-state index is 0. The summed E-state index contributed by atoms with van der Waals surface area (Å²) in [6, 6.07) is 22.4. The molecule has 0 saturated carbocycles. The Morgan fingerprint density at radius 2 is 1.68 bits per heavy atom. The maximum absolute atomic E-state index is 4.44. The van der Waals surface area contributed by atoms with Crippen LogP contribution in [0.2, 0.25) is 0 Å². The molecule has 1 aliphatic carbocycles. The van der Waals surface area contributed by atoms with Crippen LogP contribution in [-0.2, 0) is 25.5 Å². The van der Waals surface area contributed by atoms with E-state index in [9.17, 15) is 0 Å². The van der Waals surface area contributed by atoms with E-state index in [4.69, 9.17) is 0 Å². The fourth-order valence-corrected chi connectivity index (χ4v) is 3.31. The van der Waals surface area contributed by atoms with E-state index in [1.165, 1.54) is 22.3 Å². The van der Waals surface area contributed by atoms with Gasteiger partial charge in [0.25, 0.3) is 0 Å². The Labute approximate surface area is 164 Å². The van der Waals surface area contributed by atoms with Crippen LogP contribution in [0.5, 0.6) is 0 Å². The van der Waals surface area contributed by atoms with E-state index >= 15 is 0 Å². The van der Waals surface area contributed by atoms with Crippen molar-refractivity contribution in [3.8, 4) is 22.4 Å². The van der Waals surface area contributed by atoms with E-state index < -0.39 is 0 Å². The Kier molecular flexibility index (Phi) is 6.11. The summed E-state index contributed by atoms with van der Waals surface area (Å²) in [5, 5.41) is 0. The number of allylic oxidation sites excluding steroid dienone is 1. The van der Waals surface area contributed by atoms with E-state index in [2.05, 4.69) is 67.9 Å². The molecule has 1 radical (unpaired) electrons. The molecule has 1 aromatic heterocycles. The summed E-state index contributed by atoms with van der Waals surface area (Å²) < 4.78 is 0. The Morgan fingerprint density at radius 3 is 2.36 bits per heavy atom. The van der Waals surface area contributed by atoms with Crippen molar-refractivity contribution in [2.24, 2.45) is 0 Å². The molecule has 3 aromatic rings. The topological polar surface area (TPSA) is 12.9 Å². The third kappa shape index (κ3) is 3.51. The Bertz CT molecular complexity index is 866. The second-order valence-electron chi connectivity index (χ2n) is 6.47. The van der Waals surface area contributed by atoms with E-state index in [-0.39, 0.29) is 25.5 Å². The van der Waals surface area contributed by atoms with Gasteiger partial charge in [0, 0.05) is 26.3 Å². The number of rotatable bonds is 1. The predicted molar refractivity (Wildman–Crippen MR) is 102 cm³/mol. The van der Waals surface area contributed by atoms with Crippen LogP contribution >= 0.6 is 0 Å². The van der Waals surface area contributed by atoms with E-state index in [1.807, 2.05) is 31.3 Å². The molecule has 0 spiro atoms. The normalized spacial score (nSPS) is 12.8. The van der Waals surface area contributed by atoms with Gasteiger partial charge in [-0.2, -0.15) is 0 Å². The standard InChI is InChI=1S/C20H16N.C3H6.Ir/c1-20(2)17-8-4-3-7-15(17)16-11-10-14(13-18(16)20)19-9-5-6-12-21-19;1-3-2;/h3-9,11-13H,1-2H3;3H,1H2,2H3;/q-1;;. The summed E-state index contributed by atoms with van der Waals surface area (Å²) in [5.41, 5.74) is 7.47. The van der Waals surface area contributed by atoms with Gasteiger partial charge in [-0.15, -0.1) is 35.9 Å². The molecular formula is C23H22IrN-. The largest absolute Gasteiger partial charge is 0.305 e. The Morgan fingerprint density at radius 1 is 1.00 bits per heavy atom. The Balaban J connectivity index is 0.000000528. The Hall–Kier alpha value is -2.02. The molecule has 2 heteroatoms. The van der Waals surface area contributed by atoms with Crippen LogP contribution in [0.25, 0.3) is 22.4 Å². The van der Waals surface area contributed by atoms with Gasteiger partial charge in [0.15, 0.2) is 0 Å². The second kappa shape index (κ2) is 7.91. The molecule has 1 nitrogen and oxygen atoms in total. The molecule has 0 atom stereocenters. The van der Waals surface area contributed by atoms with Crippen molar-refractivity contribution in [2.75, 3.05) is 0 Å². The van der Waals surface area contributed by atoms with E-state index in [0.717, 1.165) is 11.3 Å². The molecule has 25 heavy (non-hydrogen) atoms. The first kappa shape index (κ1) is 19.3. The van der Waals surface area contributed by atoms with Crippen LogP contribution in [0.3, 0.4) is 0 Å². The number of hydrogen-bond donors (Lipinski definition) is 0. The number of nitrogens with zero attached hydrogens (tertiary/aromatic N) is 1. The molecule has 0 amide bonds. The average molecular weight is 505 g/mol. The maximum Gasteiger partial charge on any atom is 0.0160 e. The number of pyridine rings is 1. The third-order valence-electron chi connectivity index (χ3n) is 4.46. The quantitative estimate of drug-likeness (QED) is 0.291. The fourth-order valence-electron chi connectivity index (χ4n) is 3.31. The molecular weight excluding hydrogens is 482 g/mol. The first-order valence-electron chi connectivity index (χ1n) is 8.24. The smallest absolute Gasteiger partial charge is 0.0160 e. The number of fused-ring (bicyclic) bond motifs is 3. The van der Waals surface area contributed by atoms with Gasteiger partial charge in [-0.05, 0) is 29.7 Å². The van der Waals surface area contributed by atoms with Crippen LogP contribution in [0.15, 0.2) is 73.4 Å². The summed E-state index contributed by atoms with van der Waals surface area (Å²) in [6.45, 7) is 9.83. The van der Waals surface area contributed by atoms with Gasteiger partial charge in [-0.3, -0.25) is 0 Å². The van der Waals surface area contributed by atoms with Gasteiger partial charge in [0.05, 0.1) is 0 Å². The molecule has 4 rings (SSSR count). The van der Waals surface area contributed by atoms with Crippen molar-refractivity contribution in [3.05, 3.63) is 90.6 Å². The summed E-state index contributed by atoms with van der Waals surface area (Å²) >= 11 is 0. The predicted octanol–water partition coefficient (Wildman–Crippen LogP) is 6.04. The van der Waals surface area contributed by atoms with Crippen LogP contribution in [0, 0.1) is 6.07 Å². The van der Waals surface area contributed by atoms with Crippen LogP contribution < -0.4 is 0 Å². The molecule has 0 unspecified atom stereocenters. The molecule has 0 N–H and O–H groups in total. The SMILES string of the molecule is C=CC.CC1(C)c2ccccc2-c2c[c-]c(-c3ccccn3)cc21.[Ir]. The summed E-state index contributed by atoms with van der Waals surface area (Å²) in [7, 11) is 0. The van der Waals surface area contributed by atoms with Crippen LogP contribution in [0.4, 0.5) is 0 Å². The average Bonchev–Trinajstić information content (AvgIpc) is 2.84. The molecule has 1 aliphatic rings. The first-order chi connectivity index (χ1) is 11.6. The molecule has 2 aromatic carbocycles. The monoisotopic (exact) mass is 505 g/mol. The molecule has 129 valence electrons. The summed E-state index contributed by atoms with van der Waals surface area (Å²) in [6.07, 6.45) is 3.58. The zero-order chi connectivity index (χ0) is 17.2. The molecule has 0 bridgehead atoms. The van der Waals surface area contributed by atoms with E-state index in [1.54, 1.807) is 6.08 Å². The van der Waals surface area contributed by atoms with Gasteiger partial charge in [0.1, 0.15) is 0 Å². The van der Waals surface area contributed by atoms with Crippen molar-refractivity contribution in [1.82, 2.24) is 4.98 Å². The zero-order valence-electron chi connectivity index (χ0n) is 14.8. The van der Waals surface area contributed by atoms with Gasteiger partial charge in [0.2, 0.25) is 0 Å². The van der Waals surface area contributed by atoms with Crippen molar-refractivity contribution in [3.63, 3.8) is 0 Å². The van der Waals surface area contributed by atoms with Crippen molar-refractivity contribution < 1.29 is 20.1 Å². The minimum absolute atomic E-state index is 0. The number of aromatic nitrogens is 1. The summed E-state index contributed by atoms with van der Waals surface area (Å²) in [4.78, 5) is 4.44. The van der Waals surface area contributed by atoms with E-state index in [0.29, 0.717) is 0 Å². The first-order valence-corrected chi connectivity index (χ1v) is 8.24. The number of hydrogen-bond acceptors (Lipinski definition) is 1. The van der Waals surface area contributed by atoms with Gasteiger partial charge in [-0.25, -0.2) is 0 Å². The van der Waals surface area contributed by atoms with Gasteiger partial charge >= 0.3 is 0 Å². The molecule has 1 heterocycles. The second-order valence-corrected chi connectivity index (χ2v) is 6.47. The maximum atomic E-state index is 4.44. The van der Waals surface area contributed by atoms with Crippen molar-refractivity contribution in [1.29, 1.82) is 0 Å². The third-order valence-corrected chi connectivity index (χ3v) is 4.46. The molecule has 0 saturated heterocycles. The van der Waals surface area contributed by atoms with Crippen molar-refractivity contribution in [2.45, 2.75) is 26.2 Å². The van der Waals surface area contributed by atoms with Gasteiger partial charge in [-0.1, -0.05) is 67.4 Å². The van der Waals surface area contributed by atoms with Crippen molar-refractivity contribution >= 4 is 0 Å². The molecule has 0 aliphatic heterocycles. The van der Waals surface area contributed by atoms with Crippen LogP contribution in [0.1, 0.15) is 31.9 Å². The minimum Gasteiger partial charge on any atom is -0.305 e. The zero-order valence-corrected chi connectivity index (χ0v) is 17.2. The molecule has 0 fully saturated rings. The summed E-state index contributed by atoms with van der Waals surface area (Å²) in [5.74, 6) is 0. The fraction of sp³-hybridized carbons (Fsp3) is 0.174. The van der Waals surface area contributed by atoms with Gasteiger partial charge < -0.3 is 4.98 Å². The van der Waals surface area contributed by atoms with Crippen LogP contribution in [-0.4, -0.2) is 4.98 Å². The number of benzene rings is 2.